The Kier molecular flexibility index (Phi) is 2.77. The predicted octanol–water partition coefficient (Wildman–Crippen LogP) is 2.34. The summed E-state index contributed by atoms with van der Waals surface area (Å²) in [6, 6.07) is 0. The van der Waals surface area contributed by atoms with Crippen LogP contribution in [0.15, 0.2) is 0 Å². The molecule has 2 heteroatoms. The van der Waals surface area contributed by atoms with Gasteiger partial charge in [-0.3, -0.25) is 0 Å². The SMILES string of the molecule is CCC1(N)CC(C)(C)C1.Cl. The van der Waals surface area contributed by atoms with Gasteiger partial charge in [0.05, 0.1) is 0 Å². The topological polar surface area (TPSA) is 26.0 Å². The second kappa shape index (κ2) is 2.71. The van der Waals surface area contributed by atoms with Gasteiger partial charge in [-0.1, -0.05) is 20.8 Å². The molecule has 1 nitrogen and oxygen atoms in total. The highest BCUT2D eigenvalue weighted by molar-refractivity contribution is 5.85. The van der Waals surface area contributed by atoms with Gasteiger partial charge in [-0.05, 0) is 24.7 Å². The molecule has 0 radical (unpaired) electrons. The van der Waals surface area contributed by atoms with E-state index in [-0.39, 0.29) is 17.9 Å². The molecule has 0 aliphatic heterocycles. The molecule has 1 rings (SSSR count). The lowest BCUT2D eigenvalue weighted by Crippen LogP contribution is -2.55. The Hall–Kier alpha value is 0.250. The maximum atomic E-state index is 5.98. The van der Waals surface area contributed by atoms with Crippen molar-refractivity contribution >= 4 is 12.4 Å². The van der Waals surface area contributed by atoms with Crippen LogP contribution in [0.1, 0.15) is 40.0 Å². The predicted molar refractivity (Wildman–Crippen MR) is 47.5 cm³/mol. The molecule has 2 N–H and O–H groups in total. The molecular formula is C8H18ClN. The molecular weight excluding hydrogens is 146 g/mol. The van der Waals surface area contributed by atoms with Crippen LogP contribution in [0.25, 0.3) is 0 Å². The summed E-state index contributed by atoms with van der Waals surface area (Å²) in [7, 11) is 0. The fourth-order valence-electron chi connectivity index (χ4n) is 2.10. The van der Waals surface area contributed by atoms with Crippen molar-refractivity contribution in [1.82, 2.24) is 0 Å². The van der Waals surface area contributed by atoms with Crippen LogP contribution in [-0.2, 0) is 0 Å². The van der Waals surface area contributed by atoms with Crippen LogP contribution in [0, 0.1) is 5.41 Å². The molecule has 0 aromatic heterocycles. The molecule has 0 aromatic carbocycles. The van der Waals surface area contributed by atoms with Crippen molar-refractivity contribution in [2.75, 3.05) is 0 Å². The van der Waals surface area contributed by atoms with Crippen LogP contribution in [0.3, 0.4) is 0 Å². The average molecular weight is 164 g/mol. The van der Waals surface area contributed by atoms with E-state index in [0.29, 0.717) is 5.41 Å². The van der Waals surface area contributed by atoms with Crippen LogP contribution in [0.5, 0.6) is 0 Å². The maximum Gasteiger partial charge on any atom is 0.0161 e. The normalized spacial score (nSPS) is 26.4. The molecule has 0 atom stereocenters. The van der Waals surface area contributed by atoms with E-state index < -0.39 is 0 Å². The van der Waals surface area contributed by atoms with E-state index in [1.165, 1.54) is 12.8 Å². The number of rotatable bonds is 1. The first-order valence-electron chi connectivity index (χ1n) is 3.76. The van der Waals surface area contributed by atoms with Crippen molar-refractivity contribution in [3.63, 3.8) is 0 Å². The minimum atomic E-state index is 0. The molecule has 10 heavy (non-hydrogen) atoms. The van der Waals surface area contributed by atoms with Gasteiger partial charge in [-0.15, -0.1) is 12.4 Å². The molecule has 0 aromatic rings. The average Bonchev–Trinajstić information content (AvgIpc) is 1.61. The molecule has 0 heterocycles. The second-order valence-electron chi connectivity index (χ2n) is 4.23. The van der Waals surface area contributed by atoms with Gasteiger partial charge in [0.1, 0.15) is 0 Å². The Labute approximate surface area is 69.8 Å². The molecule has 62 valence electrons. The van der Waals surface area contributed by atoms with E-state index in [4.69, 9.17) is 5.73 Å². The summed E-state index contributed by atoms with van der Waals surface area (Å²) >= 11 is 0. The van der Waals surface area contributed by atoms with Gasteiger partial charge in [-0.2, -0.15) is 0 Å². The molecule has 1 aliphatic carbocycles. The van der Waals surface area contributed by atoms with Gasteiger partial charge < -0.3 is 5.73 Å². The van der Waals surface area contributed by atoms with Crippen molar-refractivity contribution in [1.29, 1.82) is 0 Å². The first-order chi connectivity index (χ1) is 3.97. The Balaban J connectivity index is 0.000000810. The van der Waals surface area contributed by atoms with Crippen LogP contribution in [0.4, 0.5) is 0 Å². The van der Waals surface area contributed by atoms with E-state index in [1.807, 2.05) is 0 Å². The van der Waals surface area contributed by atoms with Gasteiger partial charge >= 0.3 is 0 Å². The van der Waals surface area contributed by atoms with Crippen LogP contribution < -0.4 is 5.73 Å². The number of hydrogen-bond donors (Lipinski definition) is 1. The Bertz CT molecular complexity index is 112. The number of nitrogens with two attached hydrogens (primary N) is 1. The maximum absolute atomic E-state index is 5.98. The van der Waals surface area contributed by atoms with Crippen molar-refractivity contribution in [2.45, 2.75) is 45.6 Å². The highest BCUT2D eigenvalue weighted by atomic mass is 35.5. The third-order valence-electron chi connectivity index (χ3n) is 2.37. The van der Waals surface area contributed by atoms with E-state index in [9.17, 15) is 0 Å². The standard InChI is InChI=1S/C8H17N.ClH/c1-4-8(9)5-7(2,3)6-8;/h4-6,9H2,1-3H3;1H. The van der Waals surface area contributed by atoms with Crippen molar-refractivity contribution in [3.05, 3.63) is 0 Å². The zero-order chi connectivity index (χ0) is 7.12. The van der Waals surface area contributed by atoms with E-state index in [1.54, 1.807) is 0 Å². The lowest BCUT2D eigenvalue weighted by Gasteiger charge is -2.50. The molecule has 0 unspecified atom stereocenters. The van der Waals surface area contributed by atoms with E-state index in [0.717, 1.165) is 6.42 Å². The largest absolute Gasteiger partial charge is 0.325 e. The first kappa shape index (κ1) is 10.2. The molecule has 1 fully saturated rings. The molecule has 0 bridgehead atoms. The summed E-state index contributed by atoms with van der Waals surface area (Å²) in [4.78, 5) is 0. The van der Waals surface area contributed by atoms with Crippen molar-refractivity contribution < 1.29 is 0 Å². The van der Waals surface area contributed by atoms with Crippen molar-refractivity contribution in [2.24, 2.45) is 11.1 Å². The molecule has 0 saturated heterocycles. The summed E-state index contributed by atoms with van der Waals surface area (Å²) in [5.41, 5.74) is 6.71. The van der Waals surface area contributed by atoms with Crippen LogP contribution in [0.2, 0.25) is 0 Å². The Morgan fingerprint density at radius 1 is 1.30 bits per heavy atom. The second-order valence-corrected chi connectivity index (χ2v) is 4.23. The quantitative estimate of drug-likeness (QED) is 0.631. The van der Waals surface area contributed by atoms with Crippen LogP contribution >= 0.6 is 12.4 Å². The van der Waals surface area contributed by atoms with Gasteiger partial charge in [0.15, 0.2) is 0 Å². The summed E-state index contributed by atoms with van der Waals surface area (Å²) in [6.45, 7) is 6.75. The zero-order valence-corrected chi connectivity index (χ0v) is 7.92. The number of hydrogen-bond acceptors (Lipinski definition) is 1. The Morgan fingerprint density at radius 3 is 1.80 bits per heavy atom. The Morgan fingerprint density at radius 2 is 1.70 bits per heavy atom. The highest BCUT2D eigenvalue weighted by Crippen LogP contribution is 2.47. The zero-order valence-electron chi connectivity index (χ0n) is 7.11. The third kappa shape index (κ3) is 1.86. The van der Waals surface area contributed by atoms with Gasteiger partial charge in [0, 0.05) is 5.54 Å². The monoisotopic (exact) mass is 163 g/mol. The summed E-state index contributed by atoms with van der Waals surface area (Å²) < 4.78 is 0. The fourth-order valence-corrected chi connectivity index (χ4v) is 2.10. The first-order valence-corrected chi connectivity index (χ1v) is 3.76. The summed E-state index contributed by atoms with van der Waals surface area (Å²) in [6.07, 6.45) is 3.55. The molecule has 1 aliphatic rings. The van der Waals surface area contributed by atoms with Gasteiger partial charge in [0.2, 0.25) is 0 Å². The lowest BCUT2D eigenvalue weighted by molar-refractivity contribution is 0.0608. The fraction of sp³-hybridized carbons (Fsp3) is 1.00. The highest BCUT2D eigenvalue weighted by Gasteiger charge is 2.44. The summed E-state index contributed by atoms with van der Waals surface area (Å²) in [5.74, 6) is 0. The smallest absolute Gasteiger partial charge is 0.0161 e. The lowest BCUT2D eigenvalue weighted by atomic mass is 9.59. The molecule has 0 spiro atoms. The third-order valence-corrected chi connectivity index (χ3v) is 2.37. The van der Waals surface area contributed by atoms with Gasteiger partial charge in [0.25, 0.3) is 0 Å². The molecule has 0 amide bonds. The van der Waals surface area contributed by atoms with Gasteiger partial charge in [-0.25, -0.2) is 0 Å². The van der Waals surface area contributed by atoms with E-state index in [2.05, 4.69) is 20.8 Å². The molecule has 1 saturated carbocycles. The summed E-state index contributed by atoms with van der Waals surface area (Å²) in [5, 5.41) is 0. The van der Waals surface area contributed by atoms with Crippen molar-refractivity contribution in [3.8, 4) is 0 Å². The van der Waals surface area contributed by atoms with Crippen LogP contribution in [-0.4, -0.2) is 5.54 Å². The minimum Gasteiger partial charge on any atom is -0.325 e. The number of halogens is 1. The minimum absolute atomic E-state index is 0. The van der Waals surface area contributed by atoms with E-state index >= 15 is 0 Å².